The highest BCUT2D eigenvalue weighted by Gasteiger charge is 2.38. The Bertz CT molecular complexity index is 594. The molecule has 2 rings (SSSR count). The van der Waals surface area contributed by atoms with Gasteiger partial charge in [0, 0.05) is 19.1 Å². The third kappa shape index (κ3) is 2.49. The van der Waals surface area contributed by atoms with E-state index in [1.54, 1.807) is 22.8 Å². The van der Waals surface area contributed by atoms with Crippen LogP contribution in [0.15, 0.2) is 4.90 Å². The van der Waals surface area contributed by atoms with Gasteiger partial charge >= 0.3 is 0 Å². The Kier molecular flexibility index (Phi) is 4.22. The number of hydrogen-bond donors (Lipinski definition) is 1. The molecule has 2 N–H and O–H groups in total. The number of aromatic nitrogens is 2. The highest BCUT2D eigenvalue weighted by atomic mass is 32.2. The van der Waals surface area contributed by atoms with Crippen molar-refractivity contribution in [3.05, 3.63) is 11.4 Å². The summed E-state index contributed by atoms with van der Waals surface area (Å²) in [5.41, 5.74) is 6.78. The van der Waals surface area contributed by atoms with E-state index in [1.165, 1.54) is 0 Å². The van der Waals surface area contributed by atoms with Gasteiger partial charge in [0.15, 0.2) is 0 Å². The van der Waals surface area contributed by atoms with E-state index >= 15 is 0 Å². The van der Waals surface area contributed by atoms with Crippen molar-refractivity contribution >= 4 is 10.0 Å². The lowest BCUT2D eigenvalue weighted by Gasteiger charge is -2.21. The first-order valence-electron chi connectivity index (χ1n) is 7.05. The van der Waals surface area contributed by atoms with Gasteiger partial charge in [-0.2, -0.15) is 9.40 Å². The quantitative estimate of drug-likeness (QED) is 0.895. The molecule has 6 nitrogen and oxygen atoms in total. The molecule has 20 heavy (non-hydrogen) atoms. The van der Waals surface area contributed by atoms with Crippen molar-refractivity contribution in [3.8, 4) is 0 Å². The Hall–Kier alpha value is -0.920. The number of nitrogens with two attached hydrogens (primary N) is 1. The summed E-state index contributed by atoms with van der Waals surface area (Å²) in [6.07, 6.45) is 0.911. The largest absolute Gasteiger partial charge is 0.329 e. The highest BCUT2D eigenvalue weighted by molar-refractivity contribution is 7.89. The van der Waals surface area contributed by atoms with Crippen molar-refractivity contribution in [2.24, 2.45) is 11.7 Å². The van der Waals surface area contributed by atoms with E-state index in [4.69, 9.17) is 5.73 Å². The van der Waals surface area contributed by atoms with E-state index < -0.39 is 10.0 Å². The number of sulfonamides is 1. The zero-order chi connectivity index (χ0) is 15.1. The second kappa shape index (κ2) is 5.46. The molecule has 7 heteroatoms. The minimum absolute atomic E-state index is 0.0478. The molecule has 1 fully saturated rings. The lowest BCUT2D eigenvalue weighted by molar-refractivity contribution is 0.405. The molecule has 1 aliphatic rings. The molecule has 0 radical (unpaired) electrons. The average Bonchev–Trinajstić information content (AvgIpc) is 2.81. The lowest BCUT2D eigenvalue weighted by Crippen LogP contribution is -2.34. The second-order valence-corrected chi connectivity index (χ2v) is 7.60. The van der Waals surface area contributed by atoms with Gasteiger partial charge in [0.25, 0.3) is 0 Å². The fourth-order valence-electron chi connectivity index (χ4n) is 3.11. The summed E-state index contributed by atoms with van der Waals surface area (Å²) < 4.78 is 29.1. The molecule has 2 heterocycles. The molecule has 1 saturated heterocycles. The normalized spacial score (nSPS) is 24.4. The average molecular weight is 300 g/mol. The molecule has 114 valence electrons. The Morgan fingerprint density at radius 3 is 2.50 bits per heavy atom. The number of hydrogen-bond acceptors (Lipinski definition) is 4. The molecule has 1 aliphatic heterocycles. The summed E-state index contributed by atoms with van der Waals surface area (Å²) in [7, 11) is -3.47. The maximum absolute atomic E-state index is 12.9. The van der Waals surface area contributed by atoms with E-state index in [0.29, 0.717) is 41.8 Å². The Labute approximate surface area is 121 Å². The molecule has 1 aromatic heterocycles. The zero-order valence-electron chi connectivity index (χ0n) is 12.6. The standard InChI is InChI=1S/C13H24N4O2S/c1-9-7-10(2)17(8-9)20(18,19)13-11(3)15-16(6-5-14)12(13)4/h9-10H,5-8,14H2,1-4H3. The minimum Gasteiger partial charge on any atom is -0.329 e. The van der Waals surface area contributed by atoms with Gasteiger partial charge in [-0.25, -0.2) is 8.42 Å². The van der Waals surface area contributed by atoms with Gasteiger partial charge in [-0.05, 0) is 33.1 Å². The smallest absolute Gasteiger partial charge is 0.246 e. The first-order chi connectivity index (χ1) is 9.28. The van der Waals surface area contributed by atoms with Crippen LogP contribution >= 0.6 is 0 Å². The molecule has 1 aromatic rings. The van der Waals surface area contributed by atoms with Crippen molar-refractivity contribution in [2.75, 3.05) is 13.1 Å². The van der Waals surface area contributed by atoms with Crippen LogP contribution in [-0.4, -0.2) is 41.6 Å². The first-order valence-corrected chi connectivity index (χ1v) is 8.49. The third-order valence-corrected chi connectivity index (χ3v) is 6.18. The van der Waals surface area contributed by atoms with E-state index in [2.05, 4.69) is 12.0 Å². The zero-order valence-corrected chi connectivity index (χ0v) is 13.4. The van der Waals surface area contributed by atoms with Gasteiger partial charge in [-0.1, -0.05) is 6.92 Å². The summed E-state index contributed by atoms with van der Waals surface area (Å²) in [5, 5.41) is 4.31. The van der Waals surface area contributed by atoms with Crippen molar-refractivity contribution in [1.82, 2.24) is 14.1 Å². The monoisotopic (exact) mass is 300 g/mol. The van der Waals surface area contributed by atoms with Crippen LogP contribution in [0.5, 0.6) is 0 Å². The van der Waals surface area contributed by atoms with Gasteiger partial charge in [-0.15, -0.1) is 0 Å². The Morgan fingerprint density at radius 2 is 2.00 bits per heavy atom. The van der Waals surface area contributed by atoms with Gasteiger partial charge < -0.3 is 5.73 Å². The number of nitrogens with zero attached hydrogens (tertiary/aromatic N) is 3. The van der Waals surface area contributed by atoms with E-state index in [1.807, 2.05) is 6.92 Å². The molecular weight excluding hydrogens is 276 g/mol. The predicted molar refractivity (Wildman–Crippen MR) is 77.9 cm³/mol. The summed E-state index contributed by atoms with van der Waals surface area (Å²) in [4.78, 5) is 0.354. The van der Waals surface area contributed by atoms with Crippen LogP contribution in [0.4, 0.5) is 0 Å². The van der Waals surface area contributed by atoms with Gasteiger partial charge in [-0.3, -0.25) is 4.68 Å². The second-order valence-electron chi connectivity index (χ2n) is 5.78. The predicted octanol–water partition coefficient (Wildman–Crippen LogP) is 0.878. The van der Waals surface area contributed by atoms with Crippen LogP contribution in [-0.2, 0) is 16.6 Å². The Balaban J connectivity index is 2.45. The topological polar surface area (TPSA) is 81.2 Å². The number of rotatable bonds is 4. The van der Waals surface area contributed by atoms with E-state index in [0.717, 1.165) is 6.42 Å². The third-order valence-electron chi connectivity index (χ3n) is 3.95. The lowest BCUT2D eigenvalue weighted by atomic mass is 10.1. The molecule has 0 aromatic carbocycles. The maximum Gasteiger partial charge on any atom is 0.246 e. The van der Waals surface area contributed by atoms with Crippen molar-refractivity contribution < 1.29 is 8.42 Å². The van der Waals surface area contributed by atoms with E-state index in [9.17, 15) is 8.42 Å². The van der Waals surface area contributed by atoms with Crippen LogP contribution in [0.3, 0.4) is 0 Å². The van der Waals surface area contributed by atoms with Crippen molar-refractivity contribution in [2.45, 2.75) is 51.6 Å². The molecule has 2 atom stereocenters. The summed E-state index contributed by atoms with van der Waals surface area (Å²) in [5.74, 6) is 0.402. The minimum atomic E-state index is -3.47. The van der Waals surface area contributed by atoms with E-state index in [-0.39, 0.29) is 6.04 Å². The summed E-state index contributed by atoms with van der Waals surface area (Å²) in [6, 6.07) is 0.0478. The highest BCUT2D eigenvalue weighted by Crippen LogP contribution is 2.31. The number of aryl methyl sites for hydroxylation is 1. The van der Waals surface area contributed by atoms with Crippen LogP contribution in [0, 0.1) is 19.8 Å². The van der Waals surface area contributed by atoms with Crippen molar-refractivity contribution in [3.63, 3.8) is 0 Å². The van der Waals surface area contributed by atoms with Crippen LogP contribution < -0.4 is 5.73 Å². The van der Waals surface area contributed by atoms with Gasteiger partial charge in [0.2, 0.25) is 10.0 Å². The molecule has 2 unspecified atom stereocenters. The molecular formula is C13H24N4O2S. The summed E-state index contributed by atoms with van der Waals surface area (Å²) in [6.45, 7) is 9.17. The first kappa shape index (κ1) is 15.5. The SMILES string of the molecule is Cc1nn(CCN)c(C)c1S(=O)(=O)N1CC(C)CC1C. The fourth-order valence-corrected chi connectivity index (χ4v) is 5.25. The van der Waals surface area contributed by atoms with Crippen molar-refractivity contribution in [1.29, 1.82) is 0 Å². The van der Waals surface area contributed by atoms with Crippen LogP contribution in [0.1, 0.15) is 31.7 Å². The van der Waals surface area contributed by atoms with Gasteiger partial charge in [0.1, 0.15) is 4.90 Å². The molecule has 0 amide bonds. The van der Waals surface area contributed by atoms with Crippen LogP contribution in [0.2, 0.25) is 0 Å². The Morgan fingerprint density at radius 1 is 1.35 bits per heavy atom. The van der Waals surface area contributed by atoms with Gasteiger partial charge in [0.05, 0.1) is 17.9 Å². The maximum atomic E-state index is 12.9. The molecule has 0 aliphatic carbocycles. The fraction of sp³-hybridized carbons (Fsp3) is 0.769. The molecule has 0 saturated carbocycles. The molecule has 0 spiro atoms. The van der Waals surface area contributed by atoms with Crippen LogP contribution in [0.25, 0.3) is 0 Å². The summed E-state index contributed by atoms with van der Waals surface area (Å²) >= 11 is 0. The molecule has 0 bridgehead atoms.